The van der Waals surface area contributed by atoms with Gasteiger partial charge >= 0.3 is 0 Å². The number of hydrogen-bond donors (Lipinski definition) is 1. The highest BCUT2D eigenvalue weighted by Gasteiger charge is 2.19. The molecule has 1 N–H and O–H groups in total. The van der Waals surface area contributed by atoms with Crippen LogP contribution in [0.5, 0.6) is 0 Å². The summed E-state index contributed by atoms with van der Waals surface area (Å²) in [6, 6.07) is 8.58. The molecule has 0 radical (unpaired) electrons. The summed E-state index contributed by atoms with van der Waals surface area (Å²) in [6.45, 7) is 2.85. The van der Waals surface area contributed by atoms with Crippen molar-refractivity contribution in [1.29, 1.82) is 0 Å². The van der Waals surface area contributed by atoms with Crippen LogP contribution in [0.4, 0.5) is 0 Å². The summed E-state index contributed by atoms with van der Waals surface area (Å²) in [7, 11) is -3.32. The van der Waals surface area contributed by atoms with Crippen LogP contribution in [0.25, 0.3) is 0 Å². The predicted molar refractivity (Wildman–Crippen MR) is 77.4 cm³/mol. The Balaban J connectivity index is 1.79. The Hall–Kier alpha value is -0.870. The third kappa shape index (κ3) is 4.32. The highest BCUT2D eigenvalue weighted by atomic mass is 32.2. The van der Waals surface area contributed by atoms with Gasteiger partial charge in [-0.25, -0.2) is 13.1 Å². The highest BCUT2D eigenvalue weighted by Crippen LogP contribution is 2.30. The molecule has 19 heavy (non-hydrogen) atoms. The Kier molecular flexibility index (Phi) is 4.99. The zero-order chi connectivity index (χ0) is 13.7. The maximum absolute atomic E-state index is 12.0. The van der Waals surface area contributed by atoms with Crippen LogP contribution in [0.2, 0.25) is 0 Å². The van der Waals surface area contributed by atoms with E-state index in [1.54, 1.807) is 24.3 Å². The van der Waals surface area contributed by atoms with Gasteiger partial charge in [0.2, 0.25) is 10.0 Å². The molecule has 4 heteroatoms. The lowest BCUT2D eigenvalue weighted by Gasteiger charge is -2.26. The molecule has 0 heterocycles. The lowest BCUT2D eigenvalue weighted by atomic mass is 9.81. The molecule has 0 amide bonds. The van der Waals surface area contributed by atoms with Crippen LogP contribution in [0.15, 0.2) is 35.2 Å². The Morgan fingerprint density at radius 1 is 1.11 bits per heavy atom. The van der Waals surface area contributed by atoms with Crippen molar-refractivity contribution in [2.45, 2.75) is 43.9 Å². The first-order valence-electron chi connectivity index (χ1n) is 7.12. The molecule has 1 aliphatic rings. The first-order chi connectivity index (χ1) is 9.08. The fourth-order valence-corrected chi connectivity index (χ4v) is 3.77. The average Bonchev–Trinajstić information content (AvgIpc) is 2.42. The maximum atomic E-state index is 12.0. The molecule has 0 aliphatic heterocycles. The minimum atomic E-state index is -3.32. The Morgan fingerprint density at radius 2 is 1.74 bits per heavy atom. The third-order valence-electron chi connectivity index (χ3n) is 4.03. The molecular formula is C15H23NO2S. The van der Waals surface area contributed by atoms with Gasteiger partial charge in [0.15, 0.2) is 0 Å². The number of benzene rings is 1. The van der Waals surface area contributed by atoms with Crippen molar-refractivity contribution in [3.8, 4) is 0 Å². The molecule has 1 fully saturated rings. The maximum Gasteiger partial charge on any atom is 0.240 e. The molecule has 1 saturated carbocycles. The SMILES string of the molecule is CC1CCC(CCNS(=O)(=O)c2ccccc2)CC1. The zero-order valence-corrected chi connectivity index (χ0v) is 12.3. The van der Waals surface area contributed by atoms with Crippen LogP contribution in [0, 0.1) is 11.8 Å². The highest BCUT2D eigenvalue weighted by molar-refractivity contribution is 7.89. The van der Waals surface area contributed by atoms with Crippen LogP contribution in [-0.4, -0.2) is 15.0 Å². The van der Waals surface area contributed by atoms with E-state index in [0.29, 0.717) is 17.4 Å². The third-order valence-corrected chi connectivity index (χ3v) is 5.51. The summed E-state index contributed by atoms with van der Waals surface area (Å²) < 4.78 is 26.7. The molecular weight excluding hydrogens is 258 g/mol. The largest absolute Gasteiger partial charge is 0.240 e. The van der Waals surface area contributed by atoms with E-state index in [9.17, 15) is 8.42 Å². The molecule has 1 aliphatic carbocycles. The Labute approximate surface area is 116 Å². The molecule has 0 spiro atoms. The van der Waals surface area contributed by atoms with E-state index >= 15 is 0 Å². The molecule has 0 atom stereocenters. The lowest BCUT2D eigenvalue weighted by molar-refractivity contribution is 0.278. The summed E-state index contributed by atoms with van der Waals surface area (Å²) in [4.78, 5) is 0.354. The quantitative estimate of drug-likeness (QED) is 0.901. The van der Waals surface area contributed by atoms with Gasteiger partial charge in [0.25, 0.3) is 0 Å². The topological polar surface area (TPSA) is 46.2 Å². The number of rotatable bonds is 5. The number of hydrogen-bond acceptors (Lipinski definition) is 2. The average molecular weight is 281 g/mol. The van der Waals surface area contributed by atoms with Crippen molar-refractivity contribution in [3.63, 3.8) is 0 Å². The molecule has 1 aromatic rings. The smallest absolute Gasteiger partial charge is 0.211 e. The van der Waals surface area contributed by atoms with Crippen molar-refractivity contribution in [2.75, 3.05) is 6.54 Å². The van der Waals surface area contributed by atoms with Crippen LogP contribution >= 0.6 is 0 Å². The van der Waals surface area contributed by atoms with Gasteiger partial charge < -0.3 is 0 Å². The second kappa shape index (κ2) is 6.53. The van der Waals surface area contributed by atoms with Crippen LogP contribution < -0.4 is 4.72 Å². The van der Waals surface area contributed by atoms with E-state index in [-0.39, 0.29) is 0 Å². The van der Waals surface area contributed by atoms with Crippen molar-refractivity contribution >= 4 is 10.0 Å². The molecule has 0 aromatic heterocycles. The summed E-state index contributed by atoms with van der Waals surface area (Å²) >= 11 is 0. The first kappa shape index (κ1) is 14.5. The summed E-state index contributed by atoms with van der Waals surface area (Å²) in [5.74, 6) is 1.53. The predicted octanol–water partition coefficient (Wildman–Crippen LogP) is 3.18. The van der Waals surface area contributed by atoms with E-state index in [1.807, 2.05) is 6.07 Å². The summed E-state index contributed by atoms with van der Waals surface area (Å²) in [5, 5.41) is 0. The van der Waals surface area contributed by atoms with Gasteiger partial charge in [0, 0.05) is 6.54 Å². The van der Waals surface area contributed by atoms with Gasteiger partial charge in [0.1, 0.15) is 0 Å². The first-order valence-corrected chi connectivity index (χ1v) is 8.61. The normalized spacial score (nSPS) is 24.3. The van der Waals surface area contributed by atoms with Gasteiger partial charge in [0.05, 0.1) is 4.90 Å². The second-order valence-electron chi connectivity index (χ2n) is 5.63. The van der Waals surface area contributed by atoms with Crippen molar-refractivity contribution in [1.82, 2.24) is 4.72 Å². The fourth-order valence-electron chi connectivity index (χ4n) is 2.70. The standard InChI is InChI=1S/C15H23NO2S/c1-13-7-9-14(10-8-13)11-12-16-19(17,18)15-5-3-2-4-6-15/h2-6,13-14,16H,7-12H2,1H3. The van der Waals surface area contributed by atoms with E-state index in [2.05, 4.69) is 11.6 Å². The minimum Gasteiger partial charge on any atom is -0.211 e. The van der Waals surface area contributed by atoms with Crippen molar-refractivity contribution in [3.05, 3.63) is 30.3 Å². The van der Waals surface area contributed by atoms with Gasteiger partial charge in [-0.2, -0.15) is 0 Å². The van der Waals surface area contributed by atoms with Gasteiger partial charge in [-0.15, -0.1) is 0 Å². The Bertz CT molecular complexity index is 476. The lowest BCUT2D eigenvalue weighted by Crippen LogP contribution is -2.27. The molecule has 2 rings (SSSR count). The summed E-state index contributed by atoms with van der Waals surface area (Å²) in [6.07, 6.45) is 6.02. The van der Waals surface area contributed by atoms with E-state index in [1.165, 1.54) is 25.7 Å². The van der Waals surface area contributed by atoms with Crippen molar-refractivity contribution in [2.24, 2.45) is 11.8 Å². The molecule has 0 bridgehead atoms. The molecule has 1 aromatic carbocycles. The van der Waals surface area contributed by atoms with Crippen LogP contribution in [-0.2, 0) is 10.0 Å². The van der Waals surface area contributed by atoms with E-state index < -0.39 is 10.0 Å². The molecule has 106 valence electrons. The van der Waals surface area contributed by atoms with Crippen LogP contribution in [0.3, 0.4) is 0 Å². The minimum absolute atomic E-state index is 0.354. The zero-order valence-electron chi connectivity index (χ0n) is 11.5. The summed E-state index contributed by atoms with van der Waals surface area (Å²) in [5.41, 5.74) is 0. The van der Waals surface area contributed by atoms with Crippen molar-refractivity contribution < 1.29 is 8.42 Å². The Morgan fingerprint density at radius 3 is 2.37 bits per heavy atom. The molecule has 3 nitrogen and oxygen atoms in total. The number of sulfonamides is 1. The van der Waals surface area contributed by atoms with E-state index in [4.69, 9.17) is 0 Å². The monoisotopic (exact) mass is 281 g/mol. The van der Waals surface area contributed by atoms with Crippen LogP contribution in [0.1, 0.15) is 39.0 Å². The second-order valence-corrected chi connectivity index (χ2v) is 7.39. The fraction of sp³-hybridized carbons (Fsp3) is 0.600. The van der Waals surface area contributed by atoms with E-state index in [0.717, 1.165) is 12.3 Å². The molecule has 0 unspecified atom stereocenters. The van der Waals surface area contributed by atoms with Gasteiger partial charge in [-0.1, -0.05) is 50.8 Å². The number of nitrogens with one attached hydrogen (secondary N) is 1. The van der Waals surface area contributed by atoms with Gasteiger partial charge in [-0.05, 0) is 30.4 Å². The molecule has 0 saturated heterocycles. The van der Waals surface area contributed by atoms with Gasteiger partial charge in [-0.3, -0.25) is 0 Å².